The van der Waals surface area contributed by atoms with Gasteiger partial charge in [-0.1, -0.05) is 0 Å². The van der Waals surface area contributed by atoms with Crippen LogP contribution in [-0.2, 0) is 4.74 Å². The molecular formula is C11H12N2O2. The summed E-state index contributed by atoms with van der Waals surface area (Å²) in [4.78, 5) is 15.8. The molecule has 2 rings (SSSR count). The number of pyridine rings is 1. The molecule has 15 heavy (non-hydrogen) atoms. The van der Waals surface area contributed by atoms with Crippen molar-refractivity contribution in [1.29, 1.82) is 0 Å². The third-order valence-electron chi connectivity index (χ3n) is 2.33. The highest BCUT2D eigenvalue weighted by molar-refractivity contribution is 5.89. The van der Waals surface area contributed by atoms with E-state index in [4.69, 9.17) is 4.74 Å². The van der Waals surface area contributed by atoms with Gasteiger partial charge >= 0.3 is 5.97 Å². The van der Waals surface area contributed by atoms with Gasteiger partial charge in [-0.25, -0.2) is 9.78 Å². The molecule has 0 N–H and O–H groups in total. The number of ether oxygens (including phenoxy) is 1. The van der Waals surface area contributed by atoms with Crippen molar-refractivity contribution in [2.45, 2.75) is 13.8 Å². The standard InChI is InChI=1S/C11H12N2O2/c1-7-4-5-13-9(6-7)12-8(2)10(13)11(14)15-3/h4-6H,1-3H3. The van der Waals surface area contributed by atoms with Gasteiger partial charge in [0, 0.05) is 6.20 Å². The van der Waals surface area contributed by atoms with E-state index in [1.54, 1.807) is 11.3 Å². The summed E-state index contributed by atoms with van der Waals surface area (Å²) < 4.78 is 6.46. The average Bonchev–Trinajstić information content (AvgIpc) is 2.52. The summed E-state index contributed by atoms with van der Waals surface area (Å²) in [7, 11) is 1.37. The molecule has 4 heteroatoms. The molecule has 2 aromatic heterocycles. The minimum absolute atomic E-state index is 0.358. The number of methoxy groups -OCH3 is 1. The maximum Gasteiger partial charge on any atom is 0.356 e. The number of carbonyl (C=O) groups is 1. The zero-order chi connectivity index (χ0) is 11.0. The van der Waals surface area contributed by atoms with Crippen LogP contribution in [0.25, 0.3) is 5.65 Å². The number of hydrogen-bond acceptors (Lipinski definition) is 3. The molecule has 2 heterocycles. The van der Waals surface area contributed by atoms with Gasteiger partial charge < -0.3 is 4.74 Å². The third-order valence-corrected chi connectivity index (χ3v) is 2.33. The Morgan fingerprint density at radius 3 is 2.87 bits per heavy atom. The maximum absolute atomic E-state index is 11.5. The Morgan fingerprint density at radius 2 is 2.20 bits per heavy atom. The summed E-state index contributed by atoms with van der Waals surface area (Å²) in [5, 5.41) is 0. The van der Waals surface area contributed by atoms with Crippen LogP contribution in [0.2, 0.25) is 0 Å². The smallest absolute Gasteiger partial charge is 0.356 e. The molecule has 0 aliphatic rings. The minimum atomic E-state index is -0.358. The van der Waals surface area contributed by atoms with Crippen molar-refractivity contribution in [3.8, 4) is 0 Å². The first kappa shape index (κ1) is 9.71. The number of hydrogen-bond donors (Lipinski definition) is 0. The van der Waals surface area contributed by atoms with Gasteiger partial charge in [0.2, 0.25) is 0 Å². The molecule has 0 fully saturated rings. The summed E-state index contributed by atoms with van der Waals surface area (Å²) >= 11 is 0. The number of imidazole rings is 1. The monoisotopic (exact) mass is 204 g/mol. The molecule has 0 radical (unpaired) electrons. The Kier molecular flexibility index (Phi) is 2.19. The van der Waals surface area contributed by atoms with Crippen molar-refractivity contribution in [2.24, 2.45) is 0 Å². The second kappa shape index (κ2) is 3.38. The molecule has 0 saturated carbocycles. The van der Waals surface area contributed by atoms with E-state index in [0.717, 1.165) is 11.2 Å². The largest absolute Gasteiger partial charge is 0.464 e. The zero-order valence-corrected chi connectivity index (χ0v) is 8.94. The van der Waals surface area contributed by atoms with Crippen LogP contribution in [0.4, 0.5) is 0 Å². The molecule has 0 saturated heterocycles. The first-order valence-electron chi connectivity index (χ1n) is 4.67. The van der Waals surface area contributed by atoms with Crippen LogP contribution in [0, 0.1) is 13.8 Å². The van der Waals surface area contributed by atoms with Gasteiger partial charge in [0.25, 0.3) is 0 Å². The number of aromatic nitrogens is 2. The van der Waals surface area contributed by atoms with E-state index in [9.17, 15) is 4.79 Å². The Labute approximate surface area is 87.5 Å². The molecule has 4 nitrogen and oxygen atoms in total. The summed E-state index contributed by atoms with van der Waals surface area (Å²) in [6.07, 6.45) is 1.83. The number of nitrogens with zero attached hydrogens (tertiary/aromatic N) is 2. The fraction of sp³-hybridized carbons (Fsp3) is 0.273. The van der Waals surface area contributed by atoms with Crippen LogP contribution in [0.15, 0.2) is 18.3 Å². The van der Waals surface area contributed by atoms with Crippen molar-refractivity contribution < 1.29 is 9.53 Å². The lowest BCUT2D eigenvalue weighted by atomic mass is 10.3. The number of esters is 1. The van der Waals surface area contributed by atoms with E-state index in [1.165, 1.54) is 7.11 Å². The molecule has 78 valence electrons. The van der Waals surface area contributed by atoms with Crippen LogP contribution >= 0.6 is 0 Å². The topological polar surface area (TPSA) is 43.6 Å². The number of rotatable bonds is 1. The van der Waals surface area contributed by atoms with E-state index in [2.05, 4.69) is 4.98 Å². The van der Waals surface area contributed by atoms with E-state index < -0.39 is 0 Å². The highest BCUT2D eigenvalue weighted by atomic mass is 16.5. The normalized spacial score (nSPS) is 10.6. The lowest BCUT2D eigenvalue weighted by Gasteiger charge is -2.00. The van der Waals surface area contributed by atoms with Gasteiger partial charge in [-0.15, -0.1) is 0 Å². The number of carbonyl (C=O) groups excluding carboxylic acids is 1. The molecule has 0 atom stereocenters. The lowest BCUT2D eigenvalue weighted by molar-refractivity contribution is 0.0592. The van der Waals surface area contributed by atoms with E-state index in [1.807, 2.05) is 25.3 Å². The van der Waals surface area contributed by atoms with Gasteiger partial charge in [0.1, 0.15) is 5.65 Å². The van der Waals surface area contributed by atoms with Crippen LogP contribution in [0.3, 0.4) is 0 Å². The molecule has 0 aliphatic heterocycles. The van der Waals surface area contributed by atoms with Crippen molar-refractivity contribution in [3.63, 3.8) is 0 Å². The maximum atomic E-state index is 11.5. The van der Waals surface area contributed by atoms with Gasteiger partial charge in [-0.05, 0) is 31.5 Å². The molecule has 0 spiro atoms. The Balaban J connectivity index is 2.73. The van der Waals surface area contributed by atoms with Gasteiger partial charge in [0.15, 0.2) is 5.69 Å². The van der Waals surface area contributed by atoms with Gasteiger partial charge in [-0.3, -0.25) is 4.40 Å². The van der Waals surface area contributed by atoms with Gasteiger partial charge in [-0.2, -0.15) is 0 Å². The molecular weight excluding hydrogens is 192 g/mol. The van der Waals surface area contributed by atoms with Crippen LogP contribution in [-0.4, -0.2) is 22.5 Å². The fourth-order valence-corrected chi connectivity index (χ4v) is 1.61. The molecule has 2 aromatic rings. The zero-order valence-electron chi connectivity index (χ0n) is 8.94. The molecule has 0 aliphatic carbocycles. The molecule has 0 amide bonds. The van der Waals surface area contributed by atoms with Crippen LogP contribution in [0.1, 0.15) is 21.7 Å². The quantitative estimate of drug-likeness (QED) is 0.664. The van der Waals surface area contributed by atoms with Crippen LogP contribution in [0.5, 0.6) is 0 Å². The van der Waals surface area contributed by atoms with E-state index in [0.29, 0.717) is 11.4 Å². The first-order valence-corrected chi connectivity index (χ1v) is 4.67. The van der Waals surface area contributed by atoms with Crippen molar-refractivity contribution in [3.05, 3.63) is 35.3 Å². The molecule has 0 unspecified atom stereocenters. The van der Waals surface area contributed by atoms with Crippen LogP contribution < -0.4 is 0 Å². The Morgan fingerprint density at radius 1 is 1.47 bits per heavy atom. The average molecular weight is 204 g/mol. The molecule has 0 bridgehead atoms. The van der Waals surface area contributed by atoms with Crippen molar-refractivity contribution in [1.82, 2.24) is 9.38 Å². The highest BCUT2D eigenvalue weighted by Crippen LogP contribution is 2.14. The molecule has 0 aromatic carbocycles. The second-order valence-corrected chi connectivity index (χ2v) is 3.47. The van der Waals surface area contributed by atoms with Crippen molar-refractivity contribution in [2.75, 3.05) is 7.11 Å². The summed E-state index contributed by atoms with van der Waals surface area (Å²) in [5.41, 5.74) is 3.07. The van der Waals surface area contributed by atoms with E-state index >= 15 is 0 Å². The Hall–Kier alpha value is -1.84. The first-order chi connectivity index (χ1) is 7.13. The predicted molar refractivity (Wildman–Crippen MR) is 56.0 cm³/mol. The number of aryl methyl sites for hydroxylation is 2. The predicted octanol–water partition coefficient (Wildman–Crippen LogP) is 1.74. The highest BCUT2D eigenvalue weighted by Gasteiger charge is 2.16. The third kappa shape index (κ3) is 1.48. The summed E-state index contributed by atoms with van der Waals surface area (Å²) in [5.74, 6) is -0.358. The second-order valence-electron chi connectivity index (χ2n) is 3.47. The van der Waals surface area contributed by atoms with Gasteiger partial charge in [0.05, 0.1) is 12.8 Å². The van der Waals surface area contributed by atoms with Crippen molar-refractivity contribution >= 4 is 11.6 Å². The summed E-state index contributed by atoms with van der Waals surface area (Å²) in [6.45, 7) is 3.79. The summed E-state index contributed by atoms with van der Waals surface area (Å²) in [6, 6.07) is 3.86. The number of fused-ring (bicyclic) bond motifs is 1. The minimum Gasteiger partial charge on any atom is -0.464 e. The van der Waals surface area contributed by atoms with E-state index in [-0.39, 0.29) is 5.97 Å². The lowest BCUT2D eigenvalue weighted by Crippen LogP contribution is -2.06. The fourth-order valence-electron chi connectivity index (χ4n) is 1.61. The Bertz CT molecular complexity index is 529. The SMILES string of the molecule is COC(=O)c1c(C)nc2cc(C)ccn12.